The summed E-state index contributed by atoms with van der Waals surface area (Å²) >= 11 is 0. The minimum absolute atomic E-state index is 0. The first kappa shape index (κ1) is 35.6. The van der Waals surface area contributed by atoms with E-state index in [-0.39, 0.29) is 30.9 Å². The molecule has 55 heavy (non-hydrogen) atoms. The molecule has 7 aromatic carbocycles. The average molecular weight is 887 g/mol. The maximum absolute atomic E-state index is 4.84. The normalized spacial score (nSPS) is 14.3. The van der Waals surface area contributed by atoms with E-state index in [4.69, 9.17) is 4.98 Å². The summed E-state index contributed by atoms with van der Waals surface area (Å²) in [4.78, 5) is 4.84. The number of hydrogen-bond acceptors (Lipinski definition) is 1. The molecule has 2 aliphatic rings. The predicted molar refractivity (Wildman–Crippen MR) is 228 cm³/mol. The van der Waals surface area contributed by atoms with E-state index in [1.807, 2.05) is 6.20 Å². The molecule has 10 rings (SSSR count). The summed E-state index contributed by atoms with van der Waals surface area (Å²) < 4.78 is 0. The zero-order valence-corrected chi connectivity index (χ0v) is 34.4. The molecule has 1 heterocycles. The molecular weight excluding hydrogens is 843 g/mol. The predicted octanol–water partition coefficient (Wildman–Crippen LogP) is 14.4. The molecule has 8 aromatic rings. The largest absolute Gasteiger partial charge is 0.304 e. The van der Waals surface area contributed by atoms with Gasteiger partial charge in [-0.25, -0.2) is 0 Å². The third-order valence-corrected chi connectivity index (χ3v) is 13.4. The summed E-state index contributed by atoms with van der Waals surface area (Å²) in [5, 5.41) is 4.89. The van der Waals surface area contributed by atoms with E-state index in [1.165, 1.54) is 82.9 Å². The fourth-order valence-corrected chi connectivity index (χ4v) is 10.4. The molecule has 0 unspecified atom stereocenters. The molecule has 1 nitrogen and oxygen atoms in total. The fourth-order valence-electron chi connectivity index (χ4n) is 10.4. The Labute approximate surface area is 338 Å². The summed E-state index contributed by atoms with van der Waals surface area (Å²) in [7, 11) is 0. The van der Waals surface area contributed by atoms with Crippen molar-refractivity contribution in [2.45, 2.75) is 64.2 Å². The average Bonchev–Trinajstić information content (AvgIpc) is 3.69. The Hall–Kier alpha value is -5.14. The van der Waals surface area contributed by atoms with Crippen LogP contribution in [0.25, 0.3) is 77.3 Å². The van der Waals surface area contributed by atoms with Crippen LogP contribution in [-0.4, -0.2) is 4.98 Å². The van der Waals surface area contributed by atoms with Crippen LogP contribution in [0.4, 0.5) is 0 Å². The van der Waals surface area contributed by atoms with Crippen LogP contribution >= 0.6 is 0 Å². The standard InChI is InChI=1S/C53H44N.Ir/c1-5-52(6-2)47-16-12-11-15-42(47)43-26-23-38(32-48(43)52)39-24-27-45-44-25-22-37(31-49(44)53(7-3,8-4)50(45)33-39)34-17-19-36(20-18-34)51-46-28-21-35-13-9-10-14-40(35)41(46)29-30-54-51;/h9-19,21-33H,5-8H2,1-4H3;/q-1;. The molecule has 0 bridgehead atoms. The van der Waals surface area contributed by atoms with E-state index in [0.717, 1.165) is 42.3 Å². The van der Waals surface area contributed by atoms with Crippen LogP contribution in [0.15, 0.2) is 146 Å². The van der Waals surface area contributed by atoms with E-state index in [1.54, 1.807) is 0 Å². The van der Waals surface area contributed by atoms with Crippen molar-refractivity contribution in [1.82, 2.24) is 4.98 Å². The third kappa shape index (κ3) is 5.11. The zero-order valence-electron chi connectivity index (χ0n) is 32.0. The molecule has 1 radical (unpaired) electrons. The molecule has 0 aliphatic heterocycles. The van der Waals surface area contributed by atoms with Gasteiger partial charge in [-0.2, -0.15) is 0 Å². The Bertz CT molecular complexity index is 2770. The van der Waals surface area contributed by atoms with E-state index in [9.17, 15) is 0 Å². The van der Waals surface area contributed by atoms with Gasteiger partial charge in [-0.1, -0.05) is 142 Å². The van der Waals surface area contributed by atoms with Gasteiger partial charge in [-0.15, -0.1) is 29.8 Å². The first-order valence-corrected chi connectivity index (χ1v) is 19.9. The molecule has 0 spiro atoms. The van der Waals surface area contributed by atoms with Crippen molar-refractivity contribution in [3.8, 4) is 55.8 Å². The molecule has 2 heteroatoms. The van der Waals surface area contributed by atoms with Crippen molar-refractivity contribution >= 4 is 21.5 Å². The van der Waals surface area contributed by atoms with Crippen LogP contribution in [0.3, 0.4) is 0 Å². The third-order valence-electron chi connectivity index (χ3n) is 13.4. The van der Waals surface area contributed by atoms with Crippen LogP contribution in [0, 0.1) is 6.07 Å². The molecule has 1 aromatic heterocycles. The first-order chi connectivity index (χ1) is 26.5. The van der Waals surface area contributed by atoms with Gasteiger partial charge in [0.05, 0.1) is 0 Å². The van der Waals surface area contributed by atoms with Gasteiger partial charge < -0.3 is 4.98 Å². The van der Waals surface area contributed by atoms with Crippen molar-refractivity contribution in [3.05, 3.63) is 174 Å². The summed E-state index contributed by atoms with van der Waals surface area (Å²) in [5.41, 5.74) is 18.5. The Morgan fingerprint density at radius 1 is 0.455 bits per heavy atom. The summed E-state index contributed by atoms with van der Waals surface area (Å²) in [5.74, 6) is 0. The maximum Gasteiger partial charge on any atom is 0.0210 e. The molecule has 0 atom stereocenters. The van der Waals surface area contributed by atoms with E-state index >= 15 is 0 Å². The molecule has 0 fully saturated rings. The van der Waals surface area contributed by atoms with Gasteiger partial charge in [0.2, 0.25) is 0 Å². The van der Waals surface area contributed by atoms with Crippen LogP contribution in [0.2, 0.25) is 0 Å². The van der Waals surface area contributed by atoms with Gasteiger partial charge >= 0.3 is 0 Å². The second-order valence-corrected chi connectivity index (χ2v) is 15.4. The van der Waals surface area contributed by atoms with Crippen molar-refractivity contribution < 1.29 is 20.1 Å². The monoisotopic (exact) mass is 887 g/mol. The summed E-state index contributed by atoms with van der Waals surface area (Å²) in [6.07, 6.45) is 6.24. The second-order valence-electron chi connectivity index (χ2n) is 15.4. The number of hydrogen-bond donors (Lipinski definition) is 0. The molecule has 2 aliphatic carbocycles. The molecule has 0 saturated heterocycles. The van der Waals surface area contributed by atoms with Crippen molar-refractivity contribution in [3.63, 3.8) is 0 Å². The smallest absolute Gasteiger partial charge is 0.0210 e. The van der Waals surface area contributed by atoms with Gasteiger partial charge in [-0.05, 0) is 127 Å². The molecule has 0 saturated carbocycles. The topological polar surface area (TPSA) is 12.9 Å². The number of fused-ring (bicyclic) bond motifs is 9. The maximum atomic E-state index is 4.84. The minimum atomic E-state index is -0.0421. The number of aromatic nitrogens is 1. The van der Waals surface area contributed by atoms with Gasteiger partial charge in [-0.3, -0.25) is 0 Å². The Kier molecular flexibility index (Phi) is 8.76. The summed E-state index contributed by atoms with van der Waals surface area (Å²) in [6.45, 7) is 9.45. The number of nitrogens with zero attached hydrogens (tertiary/aromatic N) is 1. The molecular formula is C53H44IrN-. The number of pyridine rings is 1. The van der Waals surface area contributed by atoms with Crippen LogP contribution < -0.4 is 0 Å². The minimum Gasteiger partial charge on any atom is -0.304 e. The van der Waals surface area contributed by atoms with Gasteiger partial charge in [0, 0.05) is 37.1 Å². The zero-order chi connectivity index (χ0) is 36.6. The molecule has 0 N–H and O–H groups in total. The molecule has 271 valence electrons. The van der Waals surface area contributed by atoms with Crippen molar-refractivity contribution in [2.24, 2.45) is 0 Å². The SMILES string of the molecule is CCC1(CC)c2ccccc2-c2ccc(-c3ccc4c(c3)C(CC)(CC)c3cc(-c5c[c-]c(-c6nccc7c6ccc6ccccc67)cc5)ccc3-4)cc21.[Ir]. The Morgan fingerprint density at radius 3 is 1.58 bits per heavy atom. The number of rotatable bonds is 7. The van der Waals surface area contributed by atoms with Gasteiger partial charge in [0.25, 0.3) is 0 Å². The van der Waals surface area contributed by atoms with E-state index in [0.29, 0.717) is 0 Å². The van der Waals surface area contributed by atoms with Gasteiger partial charge in [0.1, 0.15) is 0 Å². The number of benzene rings is 7. The van der Waals surface area contributed by atoms with Crippen molar-refractivity contribution in [1.29, 1.82) is 0 Å². The fraction of sp³-hybridized carbons (Fsp3) is 0.189. The Balaban J connectivity index is 0.00000397. The quantitative estimate of drug-likeness (QED) is 0.115. The molecule has 0 amide bonds. The van der Waals surface area contributed by atoms with Crippen LogP contribution in [0.5, 0.6) is 0 Å². The van der Waals surface area contributed by atoms with Crippen LogP contribution in [-0.2, 0) is 30.9 Å². The van der Waals surface area contributed by atoms with Crippen LogP contribution in [0.1, 0.15) is 75.6 Å². The Morgan fingerprint density at radius 2 is 0.982 bits per heavy atom. The first-order valence-electron chi connectivity index (χ1n) is 19.9. The van der Waals surface area contributed by atoms with Gasteiger partial charge in [0.15, 0.2) is 0 Å². The summed E-state index contributed by atoms with van der Waals surface area (Å²) in [6, 6.07) is 56.1. The van der Waals surface area contributed by atoms with Crippen molar-refractivity contribution in [2.75, 3.05) is 0 Å². The van der Waals surface area contributed by atoms with E-state index < -0.39 is 0 Å². The van der Waals surface area contributed by atoms with E-state index in [2.05, 4.69) is 173 Å². The second kappa shape index (κ2) is 13.6.